The lowest BCUT2D eigenvalue weighted by Gasteiger charge is -2.32. The van der Waals surface area contributed by atoms with Crippen LogP contribution in [0.3, 0.4) is 0 Å². The predicted molar refractivity (Wildman–Crippen MR) is 121 cm³/mol. The van der Waals surface area contributed by atoms with Gasteiger partial charge in [0, 0.05) is 6.61 Å². The van der Waals surface area contributed by atoms with Crippen molar-refractivity contribution in [1.29, 1.82) is 0 Å². The van der Waals surface area contributed by atoms with Crippen molar-refractivity contribution in [2.45, 2.75) is 116 Å². The Morgan fingerprint density at radius 2 is 1.36 bits per heavy atom. The lowest BCUT2D eigenvalue weighted by molar-refractivity contribution is 0.0147. The van der Waals surface area contributed by atoms with Crippen LogP contribution in [-0.4, -0.2) is 24.4 Å². The highest BCUT2D eigenvalue weighted by Gasteiger charge is 2.25. The average molecular weight is 393 g/mol. The van der Waals surface area contributed by atoms with Gasteiger partial charge in [-0.2, -0.15) is 0 Å². The lowest BCUT2D eigenvalue weighted by atomic mass is 9.75. The fraction of sp³-hybridized carbons (Fsp3) is 0.923. The summed E-state index contributed by atoms with van der Waals surface area (Å²) in [5, 5.41) is 8.71. The number of ether oxygens (including phenoxy) is 1. The van der Waals surface area contributed by atoms with E-state index >= 15 is 0 Å². The monoisotopic (exact) mass is 392 g/mol. The summed E-state index contributed by atoms with van der Waals surface area (Å²) >= 11 is 0. The third-order valence-corrected chi connectivity index (χ3v) is 7.29. The molecule has 0 saturated heterocycles. The zero-order chi connectivity index (χ0) is 20.0. The van der Waals surface area contributed by atoms with E-state index in [9.17, 15) is 0 Å². The molecule has 0 spiro atoms. The van der Waals surface area contributed by atoms with Crippen LogP contribution in [0, 0.1) is 23.7 Å². The third-order valence-electron chi connectivity index (χ3n) is 7.29. The summed E-state index contributed by atoms with van der Waals surface area (Å²) in [7, 11) is 0. The smallest absolute Gasteiger partial charge is 0.0612 e. The first-order valence-electron chi connectivity index (χ1n) is 12.5. The summed E-state index contributed by atoms with van der Waals surface area (Å²) < 4.78 is 6.11. The van der Waals surface area contributed by atoms with E-state index in [0.29, 0.717) is 6.10 Å². The van der Waals surface area contributed by atoms with Crippen LogP contribution in [0.15, 0.2) is 12.2 Å². The Balaban J connectivity index is 1.45. The molecule has 164 valence electrons. The highest BCUT2D eigenvalue weighted by molar-refractivity contribution is 4.80. The van der Waals surface area contributed by atoms with Gasteiger partial charge < -0.3 is 9.84 Å². The number of aliphatic hydroxyl groups excluding tert-OH is 1. The Morgan fingerprint density at radius 1 is 0.786 bits per heavy atom. The number of hydrogen-bond donors (Lipinski definition) is 1. The normalized spacial score (nSPS) is 29.0. The largest absolute Gasteiger partial charge is 0.392 e. The van der Waals surface area contributed by atoms with Crippen molar-refractivity contribution in [2.75, 3.05) is 13.2 Å². The Labute approximate surface area is 175 Å². The van der Waals surface area contributed by atoms with Gasteiger partial charge in [0.25, 0.3) is 0 Å². The molecule has 28 heavy (non-hydrogen) atoms. The second-order valence-corrected chi connectivity index (χ2v) is 10.1. The zero-order valence-electron chi connectivity index (χ0n) is 18.9. The molecule has 2 nitrogen and oxygen atoms in total. The fourth-order valence-electron chi connectivity index (χ4n) is 5.24. The van der Waals surface area contributed by atoms with Gasteiger partial charge in [0.05, 0.1) is 12.7 Å². The molecule has 2 aliphatic rings. The molecule has 0 unspecified atom stereocenters. The van der Waals surface area contributed by atoms with Crippen molar-refractivity contribution in [3.63, 3.8) is 0 Å². The Morgan fingerprint density at radius 3 is 1.93 bits per heavy atom. The number of hydrogen-bond acceptors (Lipinski definition) is 2. The average Bonchev–Trinajstić information content (AvgIpc) is 2.71. The molecule has 0 aromatic heterocycles. The van der Waals surface area contributed by atoms with Crippen molar-refractivity contribution in [3.8, 4) is 0 Å². The van der Waals surface area contributed by atoms with E-state index in [2.05, 4.69) is 19.9 Å². The van der Waals surface area contributed by atoms with E-state index in [-0.39, 0.29) is 6.61 Å². The molecular formula is C26H48O2. The van der Waals surface area contributed by atoms with Crippen LogP contribution in [0.4, 0.5) is 0 Å². The summed E-state index contributed by atoms with van der Waals surface area (Å²) in [6, 6.07) is 0. The summed E-state index contributed by atoms with van der Waals surface area (Å²) in [5.74, 6) is 3.93. The van der Waals surface area contributed by atoms with Gasteiger partial charge in [-0.1, -0.05) is 77.4 Å². The third kappa shape index (κ3) is 10.4. The van der Waals surface area contributed by atoms with Crippen molar-refractivity contribution in [2.24, 2.45) is 23.7 Å². The van der Waals surface area contributed by atoms with Gasteiger partial charge in [-0.25, -0.2) is 0 Å². The molecule has 0 radical (unpaired) electrons. The van der Waals surface area contributed by atoms with Crippen LogP contribution in [0.25, 0.3) is 0 Å². The summed E-state index contributed by atoms with van der Waals surface area (Å²) in [4.78, 5) is 0. The first-order valence-corrected chi connectivity index (χ1v) is 12.5. The molecule has 2 aliphatic carbocycles. The second-order valence-electron chi connectivity index (χ2n) is 10.1. The van der Waals surface area contributed by atoms with Crippen LogP contribution >= 0.6 is 0 Å². The van der Waals surface area contributed by atoms with Crippen LogP contribution in [0.2, 0.25) is 0 Å². The van der Waals surface area contributed by atoms with Crippen LogP contribution in [0.5, 0.6) is 0 Å². The maximum absolute atomic E-state index is 8.71. The molecule has 0 atom stereocenters. The summed E-state index contributed by atoms with van der Waals surface area (Å²) in [6.07, 6.45) is 25.1. The quantitative estimate of drug-likeness (QED) is 0.263. The van der Waals surface area contributed by atoms with Gasteiger partial charge in [-0.3, -0.25) is 0 Å². The number of unbranched alkanes of at least 4 members (excludes halogenated alkanes) is 2. The van der Waals surface area contributed by atoms with Gasteiger partial charge in [-0.05, 0) is 68.6 Å². The first-order chi connectivity index (χ1) is 13.7. The Hall–Kier alpha value is -0.340. The van der Waals surface area contributed by atoms with Gasteiger partial charge in [0.2, 0.25) is 0 Å². The topological polar surface area (TPSA) is 29.5 Å². The van der Waals surface area contributed by atoms with Crippen molar-refractivity contribution in [1.82, 2.24) is 0 Å². The minimum absolute atomic E-state index is 0.166. The minimum Gasteiger partial charge on any atom is -0.392 e. The molecule has 2 fully saturated rings. The van der Waals surface area contributed by atoms with E-state index in [4.69, 9.17) is 9.84 Å². The van der Waals surface area contributed by atoms with Gasteiger partial charge in [-0.15, -0.1) is 0 Å². The molecule has 0 aromatic rings. The number of aliphatic hydroxyl groups is 1. The highest BCUT2D eigenvalue weighted by Crippen LogP contribution is 2.37. The molecule has 0 aromatic carbocycles. The van der Waals surface area contributed by atoms with Crippen LogP contribution < -0.4 is 0 Å². The van der Waals surface area contributed by atoms with Gasteiger partial charge in [0.1, 0.15) is 0 Å². The molecule has 0 heterocycles. The Bertz CT molecular complexity index is 387. The minimum atomic E-state index is 0.166. The number of rotatable bonds is 13. The van der Waals surface area contributed by atoms with Gasteiger partial charge in [0.15, 0.2) is 0 Å². The molecule has 2 rings (SSSR count). The highest BCUT2D eigenvalue weighted by atomic mass is 16.5. The molecule has 0 bridgehead atoms. The molecule has 0 amide bonds. The fourth-order valence-corrected chi connectivity index (χ4v) is 5.24. The molecule has 1 N–H and O–H groups in total. The lowest BCUT2D eigenvalue weighted by Crippen LogP contribution is -2.23. The second kappa shape index (κ2) is 14.6. The SMILES string of the molecule is CC(C)CCC1CCC(CCC2CCC(OCCCC/C=C/CO)CC2)CC1. The van der Waals surface area contributed by atoms with Crippen molar-refractivity contribution < 1.29 is 9.84 Å². The molecule has 0 aliphatic heterocycles. The molecular weight excluding hydrogens is 344 g/mol. The molecule has 2 heteroatoms. The van der Waals surface area contributed by atoms with Gasteiger partial charge >= 0.3 is 0 Å². The van der Waals surface area contributed by atoms with E-state index in [1.807, 2.05) is 6.08 Å². The Kier molecular flexibility index (Phi) is 12.5. The number of allylic oxidation sites excluding steroid dienone is 1. The predicted octanol–water partition coefficient (Wildman–Crippen LogP) is 7.30. The van der Waals surface area contributed by atoms with E-state index in [1.165, 1.54) is 83.5 Å². The maximum atomic E-state index is 8.71. The molecule has 2 saturated carbocycles. The standard InChI is InChI=1S/C26H48O2/c1-22(2)8-9-23-10-12-24(13-11-23)14-15-25-16-18-26(19-17-25)28-21-7-5-3-4-6-20-27/h4,6,22-27H,3,5,7-21H2,1-2H3/b6-4+. The van der Waals surface area contributed by atoms with E-state index in [0.717, 1.165) is 43.1 Å². The first kappa shape index (κ1) is 23.9. The summed E-state index contributed by atoms with van der Waals surface area (Å²) in [5.41, 5.74) is 0. The van der Waals surface area contributed by atoms with Crippen LogP contribution in [0.1, 0.15) is 110 Å². The van der Waals surface area contributed by atoms with Crippen molar-refractivity contribution in [3.05, 3.63) is 12.2 Å². The van der Waals surface area contributed by atoms with Crippen molar-refractivity contribution >= 4 is 0 Å². The maximum Gasteiger partial charge on any atom is 0.0612 e. The summed E-state index contributed by atoms with van der Waals surface area (Å²) in [6.45, 7) is 5.82. The van der Waals surface area contributed by atoms with E-state index in [1.54, 1.807) is 0 Å². The van der Waals surface area contributed by atoms with Crippen LogP contribution in [-0.2, 0) is 4.74 Å². The zero-order valence-corrected chi connectivity index (χ0v) is 18.9. The van der Waals surface area contributed by atoms with E-state index < -0.39 is 0 Å².